The van der Waals surface area contributed by atoms with Crippen molar-refractivity contribution in [3.63, 3.8) is 0 Å². The molecule has 7 rings (SSSR count). The van der Waals surface area contributed by atoms with E-state index in [0.29, 0.717) is 34.8 Å². The number of nitrogens with one attached hydrogen (secondary N) is 2. The van der Waals surface area contributed by atoms with Crippen molar-refractivity contribution in [3.8, 4) is 28.4 Å². The topological polar surface area (TPSA) is 145 Å². The van der Waals surface area contributed by atoms with Crippen LogP contribution in [0.3, 0.4) is 0 Å². The molecule has 0 unspecified atom stereocenters. The predicted molar refractivity (Wildman–Crippen MR) is 163 cm³/mol. The summed E-state index contributed by atoms with van der Waals surface area (Å²) in [7, 11) is 1.54. The maximum Gasteiger partial charge on any atom is 0.258 e. The van der Waals surface area contributed by atoms with Crippen molar-refractivity contribution >= 4 is 17.7 Å². The van der Waals surface area contributed by atoms with Gasteiger partial charge in [-0.05, 0) is 42.3 Å². The predicted octanol–water partition coefficient (Wildman–Crippen LogP) is 2.58. The van der Waals surface area contributed by atoms with Crippen molar-refractivity contribution in [3.05, 3.63) is 96.3 Å². The van der Waals surface area contributed by atoms with Crippen LogP contribution in [0.25, 0.3) is 11.1 Å². The molecule has 0 radical (unpaired) electrons. The molecule has 0 saturated carbocycles. The molecule has 6 bridgehead atoms. The van der Waals surface area contributed by atoms with E-state index >= 15 is 0 Å². The van der Waals surface area contributed by atoms with Crippen LogP contribution in [0.1, 0.15) is 28.0 Å². The molecule has 1 fully saturated rings. The zero-order chi connectivity index (χ0) is 31.2. The number of carbonyl (C=O) groups is 3. The molecular formula is C33H32N6O6. The number of aryl methyl sites for hydroxylation is 1. The number of aromatic nitrogens is 3. The molecule has 45 heavy (non-hydrogen) atoms. The van der Waals surface area contributed by atoms with Crippen LogP contribution < -0.4 is 24.8 Å². The minimum Gasteiger partial charge on any atom is -0.496 e. The third-order valence-electron chi connectivity index (χ3n) is 7.71. The van der Waals surface area contributed by atoms with Crippen LogP contribution in [-0.2, 0) is 22.6 Å². The van der Waals surface area contributed by atoms with Gasteiger partial charge in [0.15, 0.2) is 6.61 Å². The van der Waals surface area contributed by atoms with E-state index in [2.05, 4.69) is 25.6 Å². The summed E-state index contributed by atoms with van der Waals surface area (Å²) < 4.78 is 17.7. The molecule has 0 aliphatic carbocycles. The average Bonchev–Trinajstić information content (AvgIpc) is 3.47. The first-order valence-electron chi connectivity index (χ1n) is 14.6. The number of likely N-dealkylation sites (tertiary alicyclic amines) is 1. The number of fused-ring (bicyclic) bond motifs is 7. The molecule has 230 valence electrons. The highest BCUT2D eigenvalue weighted by Crippen LogP contribution is 2.28. The second kappa shape index (κ2) is 13.4. The molecule has 2 atom stereocenters. The Kier molecular flexibility index (Phi) is 8.81. The summed E-state index contributed by atoms with van der Waals surface area (Å²) in [5.41, 5.74) is 3.31. The Morgan fingerprint density at radius 3 is 2.71 bits per heavy atom. The van der Waals surface area contributed by atoms with Crippen molar-refractivity contribution in [1.29, 1.82) is 0 Å². The van der Waals surface area contributed by atoms with E-state index in [1.165, 1.54) is 13.3 Å². The Bertz CT molecular complexity index is 1700. The molecule has 1 saturated heterocycles. The Hall–Kier alpha value is -5.52. The first kappa shape index (κ1) is 29.5. The number of rotatable bonds is 4. The fourth-order valence-electron chi connectivity index (χ4n) is 5.34. The van der Waals surface area contributed by atoms with Crippen molar-refractivity contribution in [2.24, 2.45) is 0 Å². The van der Waals surface area contributed by atoms with Gasteiger partial charge < -0.3 is 29.7 Å². The van der Waals surface area contributed by atoms with Gasteiger partial charge in [0.1, 0.15) is 23.4 Å². The molecule has 3 amide bonds. The van der Waals surface area contributed by atoms with Gasteiger partial charge in [-0.2, -0.15) is 0 Å². The van der Waals surface area contributed by atoms with E-state index in [1.807, 2.05) is 12.1 Å². The molecule has 2 aromatic heterocycles. The van der Waals surface area contributed by atoms with Gasteiger partial charge in [-0.1, -0.05) is 12.1 Å². The first-order valence-corrected chi connectivity index (χ1v) is 14.6. The number of benzene rings is 2. The minimum atomic E-state index is -0.541. The molecular weight excluding hydrogens is 576 g/mol. The maximum atomic E-state index is 13.6. The van der Waals surface area contributed by atoms with E-state index in [-0.39, 0.29) is 50.4 Å². The van der Waals surface area contributed by atoms with Crippen LogP contribution >= 0.6 is 0 Å². The summed E-state index contributed by atoms with van der Waals surface area (Å²) in [5.74, 6) is 0.808. The highest BCUT2D eigenvalue weighted by molar-refractivity contribution is 5.95. The van der Waals surface area contributed by atoms with Crippen molar-refractivity contribution in [1.82, 2.24) is 30.5 Å². The summed E-state index contributed by atoms with van der Waals surface area (Å²) in [6.45, 7) is 0.587. The molecule has 2 N–H and O–H groups in total. The molecule has 5 heterocycles. The second-order valence-electron chi connectivity index (χ2n) is 10.8. The van der Waals surface area contributed by atoms with Gasteiger partial charge in [-0.3, -0.25) is 29.3 Å². The largest absolute Gasteiger partial charge is 0.496 e. The van der Waals surface area contributed by atoms with Crippen LogP contribution in [-0.4, -0.2) is 76.5 Å². The molecule has 0 spiro atoms. The Morgan fingerprint density at radius 1 is 0.978 bits per heavy atom. The lowest BCUT2D eigenvalue weighted by atomic mass is 10.1. The zero-order valence-electron chi connectivity index (χ0n) is 24.6. The summed E-state index contributed by atoms with van der Waals surface area (Å²) >= 11 is 0. The lowest BCUT2D eigenvalue weighted by Crippen LogP contribution is -2.45. The molecule has 3 aliphatic heterocycles. The average molecular weight is 609 g/mol. The highest BCUT2D eigenvalue weighted by atomic mass is 16.5. The molecule has 4 aromatic rings. The Morgan fingerprint density at radius 2 is 1.87 bits per heavy atom. The number of pyridine rings is 1. The van der Waals surface area contributed by atoms with Crippen LogP contribution in [0.4, 0.5) is 0 Å². The van der Waals surface area contributed by atoms with Gasteiger partial charge in [0.05, 0.1) is 31.0 Å². The second-order valence-corrected chi connectivity index (χ2v) is 10.8. The standard InChI is InChI=1S/C33H32N6O6/c1-43-29-13-27-7-5-22(29)16-37-31(40)20-44-26-4-2-3-21(12-26)23-11-24(15-35-14-23)33(42)38-28-18-39(19-30(28)45-27)32(41)8-6-25-17-34-9-10-36-25/h2-5,7,9-15,17,28,30H,6,8,16,18-20H2,1H3,(H,37,40)(H,38,42)/t28-,30-/m0/s1. The van der Waals surface area contributed by atoms with Gasteiger partial charge in [0.2, 0.25) is 5.91 Å². The number of hydrogen-bond acceptors (Lipinski definition) is 9. The van der Waals surface area contributed by atoms with Crippen molar-refractivity contribution in [2.75, 3.05) is 26.8 Å². The molecule has 3 aliphatic rings. The van der Waals surface area contributed by atoms with Crippen LogP contribution in [0.2, 0.25) is 0 Å². The normalized spacial score (nSPS) is 18.1. The summed E-state index contributed by atoms with van der Waals surface area (Å²) in [6, 6.07) is 13.8. The zero-order valence-corrected chi connectivity index (χ0v) is 24.6. The van der Waals surface area contributed by atoms with Gasteiger partial charge in [-0.15, -0.1) is 0 Å². The number of methoxy groups -OCH3 is 1. The number of nitrogens with zero attached hydrogens (tertiary/aromatic N) is 4. The summed E-state index contributed by atoms with van der Waals surface area (Å²) in [5, 5.41) is 5.93. The van der Waals surface area contributed by atoms with Crippen LogP contribution in [0.15, 0.2) is 79.5 Å². The van der Waals surface area contributed by atoms with Gasteiger partial charge >= 0.3 is 0 Å². The van der Waals surface area contributed by atoms with E-state index in [0.717, 1.165) is 16.8 Å². The molecule has 12 nitrogen and oxygen atoms in total. The third-order valence-corrected chi connectivity index (χ3v) is 7.71. The van der Waals surface area contributed by atoms with Gasteiger partial charge in [0.25, 0.3) is 11.8 Å². The van der Waals surface area contributed by atoms with E-state index in [4.69, 9.17) is 14.2 Å². The monoisotopic (exact) mass is 608 g/mol. The number of hydrogen-bond donors (Lipinski definition) is 2. The van der Waals surface area contributed by atoms with E-state index in [1.54, 1.807) is 66.1 Å². The molecule has 2 aromatic carbocycles. The third kappa shape index (κ3) is 7.18. The quantitative estimate of drug-likeness (QED) is 0.357. The fourth-order valence-corrected chi connectivity index (χ4v) is 5.34. The van der Waals surface area contributed by atoms with E-state index in [9.17, 15) is 14.4 Å². The smallest absolute Gasteiger partial charge is 0.258 e. The van der Waals surface area contributed by atoms with Crippen LogP contribution in [0, 0.1) is 0 Å². The van der Waals surface area contributed by atoms with Crippen molar-refractivity contribution in [2.45, 2.75) is 31.5 Å². The van der Waals surface area contributed by atoms with Gasteiger partial charge in [0, 0.05) is 67.7 Å². The Labute approximate surface area is 259 Å². The molecule has 12 heteroatoms. The van der Waals surface area contributed by atoms with Gasteiger partial charge in [-0.25, -0.2) is 0 Å². The lowest BCUT2D eigenvalue weighted by molar-refractivity contribution is -0.130. The summed E-state index contributed by atoms with van der Waals surface area (Å²) in [4.78, 5) is 53.7. The van der Waals surface area contributed by atoms with Crippen LogP contribution in [0.5, 0.6) is 17.2 Å². The highest BCUT2D eigenvalue weighted by Gasteiger charge is 2.38. The SMILES string of the molecule is COc1cc2ccc1CNC(=O)COc1cccc(c1)-c1cncc(c1)C(=O)N[C@H]1CN(C(=O)CCc3cnccn3)C[C@@H]1O2. The minimum absolute atomic E-state index is 0.0778. The fraction of sp³-hybridized carbons (Fsp3) is 0.273. The number of amides is 3. The number of ether oxygens (including phenoxy) is 3. The maximum absolute atomic E-state index is 13.6. The first-order chi connectivity index (χ1) is 21.9. The lowest BCUT2D eigenvalue weighted by Gasteiger charge is -2.22. The summed E-state index contributed by atoms with van der Waals surface area (Å²) in [6.07, 6.45) is 8.13. The van der Waals surface area contributed by atoms with Crippen molar-refractivity contribution < 1.29 is 28.6 Å². The Balaban J connectivity index is 1.29. The van der Waals surface area contributed by atoms with E-state index < -0.39 is 12.1 Å². The number of carbonyl (C=O) groups excluding carboxylic acids is 3.